The number of rotatable bonds is 4. The van der Waals surface area contributed by atoms with E-state index in [9.17, 15) is 14.7 Å². The number of hydrogen-bond donors (Lipinski definition) is 1. The van der Waals surface area contributed by atoms with Gasteiger partial charge in [0.1, 0.15) is 0 Å². The molecular formula is C16H20ClNO3. The predicted molar refractivity (Wildman–Crippen MR) is 81.2 cm³/mol. The Hall–Kier alpha value is -1.55. The van der Waals surface area contributed by atoms with E-state index in [1.807, 2.05) is 13.0 Å². The van der Waals surface area contributed by atoms with Gasteiger partial charge in [-0.25, -0.2) is 0 Å². The third-order valence-electron chi connectivity index (χ3n) is 3.91. The zero-order valence-corrected chi connectivity index (χ0v) is 12.8. The minimum absolute atomic E-state index is 0.0329. The third-order valence-corrected chi connectivity index (χ3v) is 4.15. The Labute approximate surface area is 129 Å². The van der Waals surface area contributed by atoms with E-state index in [1.54, 1.807) is 23.1 Å². The average Bonchev–Trinajstić information content (AvgIpc) is 2.59. The number of carboxylic acids is 1. The number of nitrogens with zero attached hydrogens (tertiary/aromatic N) is 1. The number of carbonyl (C=O) groups excluding carboxylic acids is 1. The van der Waals surface area contributed by atoms with Crippen LogP contribution in [-0.2, 0) is 9.59 Å². The van der Waals surface area contributed by atoms with E-state index in [0.717, 1.165) is 12.0 Å². The summed E-state index contributed by atoms with van der Waals surface area (Å²) in [5, 5.41) is 10.1. The van der Waals surface area contributed by atoms with Crippen LogP contribution in [0.1, 0.15) is 44.2 Å². The van der Waals surface area contributed by atoms with Crippen molar-refractivity contribution < 1.29 is 14.7 Å². The van der Waals surface area contributed by atoms with Crippen molar-refractivity contribution in [2.75, 3.05) is 6.54 Å². The fourth-order valence-corrected chi connectivity index (χ4v) is 3.21. The highest BCUT2D eigenvalue weighted by Crippen LogP contribution is 2.36. The number of likely N-dealkylation sites (tertiary alicyclic amines) is 1. The molecule has 0 spiro atoms. The fourth-order valence-electron chi connectivity index (χ4n) is 3.01. The summed E-state index contributed by atoms with van der Waals surface area (Å²) in [6.07, 6.45) is 2.35. The predicted octanol–water partition coefficient (Wildman–Crippen LogP) is 3.50. The Morgan fingerprint density at radius 2 is 2.24 bits per heavy atom. The van der Waals surface area contributed by atoms with Crippen LogP contribution in [0.25, 0.3) is 0 Å². The molecule has 5 heteroatoms. The number of amides is 1. The summed E-state index contributed by atoms with van der Waals surface area (Å²) in [5.74, 6) is -1.40. The molecule has 2 atom stereocenters. The number of aliphatic carboxylic acids is 1. The van der Waals surface area contributed by atoms with Crippen LogP contribution in [0.2, 0.25) is 5.02 Å². The molecule has 1 fully saturated rings. The summed E-state index contributed by atoms with van der Waals surface area (Å²) in [5.41, 5.74) is 0.804. The van der Waals surface area contributed by atoms with Crippen molar-refractivity contribution in [1.29, 1.82) is 0 Å². The third kappa shape index (κ3) is 3.56. The van der Waals surface area contributed by atoms with E-state index in [2.05, 4.69) is 0 Å². The summed E-state index contributed by atoms with van der Waals surface area (Å²) in [6.45, 7) is 2.56. The summed E-state index contributed by atoms with van der Waals surface area (Å²) < 4.78 is 0. The van der Waals surface area contributed by atoms with Crippen LogP contribution in [0.5, 0.6) is 0 Å². The second-order valence-corrected chi connectivity index (χ2v) is 5.86. The first-order chi connectivity index (χ1) is 10.0. The van der Waals surface area contributed by atoms with E-state index in [4.69, 9.17) is 11.6 Å². The van der Waals surface area contributed by atoms with Crippen molar-refractivity contribution in [2.24, 2.45) is 5.92 Å². The van der Waals surface area contributed by atoms with Crippen LogP contribution in [0, 0.1) is 5.92 Å². The van der Waals surface area contributed by atoms with Gasteiger partial charge in [0.05, 0.1) is 12.0 Å². The van der Waals surface area contributed by atoms with Crippen molar-refractivity contribution in [3.05, 3.63) is 34.9 Å². The SMILES string of the molecule is CCCN1C(=O)CCCC(C(=O)O)C1c1cccc(Cl)c1. The zero-order chi connectivity index (χ0) is 15.4. The molecule has 0 aliphatic carbocycles. The van der Waals surface area contributed by atoms with Gasteiger partial charge in [-0.3, -0.25) is 9.59 Å². The molecule has 1 heterocycles. The van der Waals surface area contributed by atoms with Crippen LogP contribution in [0.3, 0.4) is 0 Å². The highest BCUT2D eigenvalue weighted by molar-refractivity contribution is 6.30. The van der Waals surface area contributed by atoms with E-state index in [-0.39, 0.29) is 5.91 Å². The van der Waals surface area contributed by atoms with Gasteiger partial charge in [0.2, 0.25) is 5.91 Å². The number of halogens is 1. The zero-order valence-electron chi connectivity index (χ0n) is 12.1. The number of hydrogen-bond acceptors (Lipinski definition) is 2. The monoisotopic (exact) mass is 309 g/mol. The first kappa shape index (κ1) is 15.8. The lowest BCUT2D eigenvalue weighted by Crippen LogP contribution is -2.39. The maximum atomic E-state index is 12.3. The van der Waals surface area contributed by atoms with Crippen molar-refractivity contribution in [1.82, 2.24) is 4.90 Å². The standard InChI is InChI=1S/C16H20ClNO3/c1-2-9-18-14(19)8-4-7-13(16(20)21)15(18)11-5-3-6-12(17)10-11/h3,5-6,10,13,15H,2,4,7-9H2,1H3,(H,20,21). The van der Waals surface area contributed by atoms with E-state index >= 15 is 0 Å². The number of carboxylic acid groups (broad SMARTS) is 1. The molecule has 1 aromatic carbocycles. The lowest BCUT2D eigenvalue weighted by Gasteiger charge is -2.33. The van der Waals surface area contributed by atoms with Crippen molar-refractivity contribution in [2.45, 2.75) is 38.6 Å². The number of benzene rings is 1. The van der Waals surface area contributed by atoms with Gasteiger partial charge >= 0.3 is 5.97 Å². The quantitative estimate of drug-likeness (QED) is 0.926. The minimum Gasteiger partial charge on any atom is -0.481 e. The molecule has 0 aromatic heterocycles. The molecule has 0 saturated carbocycles. The molecule has 21 heavy (non-hydrogen) atoms. The summed E-state index contributed by atoms with van der Waals surface area (Å²) in [4.78, 5) is 25.7. The normalized spacial score (nSPS) is 23.0. The number of carbonyl (C=O) groups is 2. The second-order valence-electron chi connectivity index (χ2n) is 5.42. The van der Waals surface area contributed by atoms with Crippen LogP contribution < -0.4 is 0 Å². The molecule has 4 nitrogen and oxygen atoms in total. The molecule has 1 N–H and O–H groups in total. The first-order valence-corrected chi connectivity index (χ1v) is 7.70. The minimum atomic E-state index is -0.851. The van der Waals surface area contributed by atoms with E-state index < -0.39 is 17.9 Å². The highest BCUT2D eigenvalue weighted by Gasteiger charge is 2.38. The Morgan fingerprint density at radius 1 is 1.48 bits per heavy atom. The first-order valence-electron chi connectivity index (χ1n) is 7.32. The summed E-state index contributed by atoms with van der Waals surface area (Å²) >= 11 is 6.04. The summed E-state index contributed by atoms with van der Waals surface area (Å²) in [6, 6.07) is 6.74. The van der Waals surface area contributed by atoms with Crippen LogP contribution in [0.4, 0.5) is 0 Å². The fraction of sp³-hybridized carbons (Fsp3) is 0.500. The molecule has 1 saturated heterocycles. The molecule has 114 valence electrons. The van der Waals surface area contributed by atoms with Crippen LogP contribution in [0.15, 0.2) is 24.3 Å². The summed E-state index contributed by atoms with van der Waals surface area (Å²) in [7, 11) is 0. The maximum absolute atomic E-state index is 12.3. The second kappa shape index (κ2) is 6.94. The Morgan fingerprint density at radius 3 is 2.86 bits per heavy atom. The average molecular weight is 310 g/mol. The smallest absolute Gasteiger partial charge is 0.308 e. The molecule has 1 aromatic rings. The van der Waals surface area contributed by atoms with Gasteiger partial charge in [-0.05, 0) is 37.0 Å². The molecule has 1 aliphatic heterocycles. The molecule has 1 aliphatic rings. The van der Waals surface area contributed by atoms with Gasteiger partial charge in [0.25, 0.3) is 0 Å². The Bertz CT molecular complexity index is 532. The van der Waals surface area contributed by atoms with Gasteiger partial charge in [0, 0.05) is 18.0 Å². The lowest BCUT2D eigenvalue weighted by atomic mass is 9.89. The molecule has 1 amide bonds. The van der Waals surface area contributed by atoms with Crippen LogP contribution >= 0.6 is 11.6 Å². The molecule has 0 radical (unpaired) electrons. The van der Waals surface area contributed by atoms with E-state index in [1.165, 1.54) is 0 Å². The highest BCUT2D eigenvalue weighted by atomic mass is 35.5. The lowest BCUT2D eigenvalue weighted by molar-refractivity contribution is -0.146. The Balaban J connectivity index is 2.47. The van der Waals surface area contributed by atoms with Crippen molar-refractivity contribution in [3.63, 3.8) is 0 Å². The molecular weight excluding hydrogens is 290 g/mol. The molecule has 2 rings (SSSR count). The topological polar surface area (TPSA) is 57.6 Å². The van der Waals surface area contributed by atoms with Gasteiger partial charge in [0.15, 0.2) is 0 Å². The maximum Gasteiger partial charge on any atom is 0.308 e. The van der Waals surface area contributed by atoms with Crippen LogP contribution in [-0.4, -0.2) is 28.4 Å². The molecule has 2 unspecified atom stereocenters. The molecule has 0 bridgehead atoms. The van der Waals surface area contributed by atoms with Gasteiger partial charge in [-0.2, -0.15) is 0 Å². The Kier molecular flexibility index (Phi) is 5.23. The van der Waals surface area contributed by atoms with E-state index in [0.29, 0.717) is 30.8 Å². The van der Waals surface area contributed by atoms with Gasteiger partial charge in [-0.15, -0.1) is 0 Å². The van der Waals surface area contributed by atoms with Gasteiger partial charge < -0.3 is 10.0 Å². The van der Waals surface area contributed by atoms with Crippen molar-refractivity contribution in [3.8, 4) is 0 Å². The largest absolute Gasteiger partial charge is 0.481 e. The van der Waals surface area contributed by atoms with Crippen molar-refractivity contribution >= 4 is 23.5 Å². The van der Waals surface area contributed by atoms with Gasteiger partial charge in [-0.1, -0.05) is 30.7 Å².